The van der Waals surface area contributed by atoms with Gasteiger partial charge >= 0.3 is 0 Å². The second-order valence-electron chi connectivity index (χ2n) is 8.97. The maximum atomic E-state index is 12.5. The van der Waals surface area contributed by atoms with Gasteiger partial charge in [-0.2, -0.15) is 0 Å². The molecule has 4 rings (SSSR count). The molecular weight excluding hydrogens is 316 g/mol. The SMILES string of the molecule is C[C@H]1C[C@@H]1C(=O)N1CCC2(CCC(=O)N(CC3CCOCC3)C2)CC1. The molecule has 1 saturated carbocycles. The largest absolute Gasteiger partial charge is 0.381 e. The van der Waals surface area contributed by atoms with E-state index in [9.17, 15) is 9.59 Å². The van der Waals surface area contributed by atoms with Gasteiger partial charge in [-0.3, -0.25) is 9.59 Å². The zero-order valence-electron chi connectivity index (χ0n) is 15.5. The highest BCUT2D eigenvalue weighted by Gasteiger charge is 2.46. The van der Waals surface area contributed by atoms with Crippen LogP contribution >= 0.6 is 0 Å². The molecule has 3 heterocycles. The zero-order valence-corrected chi connectivity index (χ0v) is 15.5. The van der Waals surface area contributed by atoms with Crippen LogP contribution in [0.1, 0.15) is 51.9 Å². The van der Waals surface area contributed by atoms with E-state index < -0.39 is 0 Å². The minimum Gasteiger partial charge on any atom is -0.381 e. The highest BCUT2D eigenvalue weighted by Crippen LogP contribution is 2.43. The van der Waals surface area contributed by atoms with Gasteiger partial charge in [0.1, 0.15) is 0 Å². The molecule has 0 radical (unpaired) electrons. The number of piperidine rings is 2. The van der Waals surface area contributed by atoms with Crippen molar-refractivity contribution in [1.29, 1.82) is 0 Å². The summed E-state index contributed by atoms with van der Waals surface area (Å²) < 4.78 is 5.45. The minimum atomic E-state index is 0.255. The van der Waals surface area contributed by atoms with E-state index >= 15 is 0 Å². The van der Waals surface area contributed by atoms with Crippen LogP contribution in [-0.2, 0) is 14.3 Å². The lowest BCUT2D eigenvalue weighted by Gasteiger charge is -2.48. The van der Waals surface area contributed by atoms with E-state index in [0.29, 0.717) is 36.0 Å². The Bertz CT molecular complexity index is 521. The molecule has 0 aromatic carbocycles. The summed E-state index contributed by atoms with van der Waals surface area (Å²) >= 11 is 0. The van der Waals surface area contributed by atoms with Crippen LogP contribution in [0, 0.1) is 23.2 Å². The van der Waals surface area contributed by atoms with Crippen molar-refractivity contribution in [3.63, 3.8) is 0 Å². The van der Waals surface area contributed by atoms with E-state index in [1.807, 2.05) is 0 Å². The topological polar surface area (TPSA) is 49.9 Å². The number of ether oxygens (including phenoxy) is 1. The molecule has 0 N–H and O–H groups in total. The number of carbonyl (C=O) groups excluding carboxylic acids is 2. The standard InChI is InChI=1S/C20H32N2O3/c1-15-12-17(15)19(24)21-8-6-20(7-9-21)5-2-18(23)22(14-20)13-16-3-10-25-11-4-16/h15-17H,2-14H2,1H3/t15-,17-/m0/s1. The molecule has 0 unspecified atom stereocenters. The van der Waals surface area contributed by atoms with Crippen LogP contribution in [-0.4, -0.2) is 61.0 Å². The molecule has 3 saturated heterocycles. The first-order valence-corrected chi connectivity index (χ1v) is 10.2. The van der Waals surface area contributed by atoms with Crippen LogP contribution < -0.4 is 0 Å². The predicted octanol–water partition coefficient (Wildman–Crippen LogP) is 2.30. The first-order valence-electron chi connectivity index (χ1n) is 10.2. The lowest BCUT2D eigenvalue weighted by molar-refractivity contribution is -0.144. The molecule has 5 heteroatoms. The van der Waals surface area contributed by atoms with Gasteiger partial charge < -0.3 is 14.5 Å². The van der Waals surface area contributed by atoms with Crippen molar-refractivity contribution in [1.82, 2.24) is 9.80 Å². The molecular formula is C20H32N2O3. The number of rotatable bonds is 3. The van der Waals surface area contributed by atoms with Crippen molar-refractivity contribution in [3.05, 3.63) is 0 Å². The molecule has 0 bridgehead atoms. The van der Waals surface area contributed by atoms with E-state index in [4.69, 9.17) is 4.74 Å². The Hall–Kier alpha value is -1.10. The second kappa shape index (κ2) is 6.90. The summed E-state index contributed by atoms with van der Waals surface area (Å²) in [6.45, 7) is 7.46. The van der Waals surface area contributed by atoms with E-state index in [1.54, 1.807) is 0 Å². The van der Waals surface area contributed by atoms with Crippen LogP contribution in [0.2, 0.25) is 0 Å². The van der Waals surface area contributed by atoms with Crippen LogP contribution in [0.3, 0.4) is 0 Å². The van der Waals surface area contributed by atoms with Crippen molar-refractivity contribution >= 4 is 11.8 Å². The summed E-state index contributed by atoms with van der Waals surface area (Å²) in [6.07, 6.45) is 7.08. The van der Waals surface area contributed by atoms with E-state index in [2.05, 4.69) is 16.7 Å². The molecule has 1 spiro atoms. The lowest BCUT2D eigenvalue weighted by atomic mass is 9.72. The van der Waals surface area contributed by atoms with Crippen molar-refractivity contribution in [3.8, 4) is 0 Å². The molecule has 2 amide bonds. The molecule has 3 aliphatic heterocycles. The average Bonchev–Trinajstić information content (AvgIpc) is 3.36. The summed E-state index contributed by atoms with van der Waals surface area (Å²) in [5.41, 5.74) is 0.255. The highest BCUT2D eigenvalue weighted by atomic mass is 16.5. The molecule has 4 aliphatic rings. The van der Waals surface area contributed by atoms with Gasteiger partial charge in [0.2, 0.25) is 11.8 Å². The van der Waals surface area contributed by atoms with Gasteiger partial charge in [-0.15, -0.1) is 0 Å². The molecule has 0 aromatic rings. The van der Waals surface area contributed by atoms with Crippen LogP contribution in [0.5, 0.6) is 0 Å². The quantitative estimate of drug-likeness (QED) is 0.786. The zero-order chi connectivity index (χ0) is 17.4. The third-order valence-corrected chi connectivity index (χ3v) is 7.13. The Kier molecular flexibility index (Phi) is 4.78. The minimum absolute atomic E-state index is 0.255. The summed E-state index contributed by atoms with van der Waals surface area (Å²) in [5.74, 6) is 2.21. The molecule has 0 aromatic heterocycles. The summed E-state index contributed by atoms with van der Waals surface area (Å²) in [7, 11) is 0. The van der Waals surface area contributed by atoms with Gasteiger partial charge in [-0.1, -0.05) is 6.92 Å². The molecule has 140 valence electrons. The monoisotopic (exact) mass is 348 g/mol. The van der Waals surface area contributed by atoms with Crippen LogP contribution in [0.15, 0.2) is 0 Å². The summed E-state index contributed by atoms with van der Waals surface area (Å²) in [4.78, 5) is 29.1. The molecule has 4 fully saturated rings. The fraction of sp³-hybridized carbons (Fsp3) is 0.900. The van der Waals surface area contributed by atoms with Crippen LogP contribution in [0.4, 0.5) is 0 Å². The highest BCUT2D eigenvalue weighted by molar-refractivity contribution is 5.81. The first-order chi connectivity index (χ1) is 12.1. The van der Waals surface area contributed by atoms with Crippen LogP contribution in [0.25, 0.3) is 0 Å². The van der Waals surface area contributed by atoms with Crippen molar-refractivity contribution < 1.29 is 14.3 Å². The van der Waals surface area contributed by atoms with Crippen molar-refractivity contribution in [2.24, 2.45) is 23.2 Å². The van der Waals surface area contributed by atoms with E-state index in [-0.39, 0.29) is 5.41 Å². The van der Waals surface area contributed by atoms with Gasteiger partial charge in [-0.05, 0) is 55.8 Å². The van der Waals surface area contributed by atoms with E-state index in [0.717, 1.165) is 77.9 Å². The number of amides is 2. The number of likely N-dealkylation sites (tertiary alicyclic amines) is 2. The van der Waals surface area contributed by atoms with Crippen molar-refractivity contribution in [2.75, 3.05) is 39.4 Å². The first kappa shape index (κ1) is 17.3. The normalized spacial score (nSPS) is 32.9. The molecule has 5 nitrogen and oxygen atoms in total. The Morgan fingerprint density at radius 2 is 1.88 bits per heavy atom. The maximum absolute atomic E-state index is 12.5. The predicted molar refractivity (Wildman–Crippen MR) is 94.9 cm³/mol. The molecule has 25 heavy (non-hydrogen) atoms. The average molecular weight is 348 g/mol. The number of hydrogen-bond acceptors (Lipinski definition) is 3. The maximum Gasteiger partial charge on any atom is 0.225 e. The van der Waals surface area contributed by atoms with Gasteiger partial charge in [0.15, 0.2) is 0 Å². The third-order valence-electron chi connectivity index (χ3n) is 7.13. The lowest BCUT2D eigenvalue weighted by Crippen LogP contribution is -2.53. The van der Waals surface area contributed by atoms with Gasteiger partial charge in [0.25, 0.3) is 0 Å². The van der Waals surface area contributed by atoms with Crippen molar-refractivity contribution in [2.45, 2.75) is 51.9 Å². The Morgan fingerprint density at radius 1 is 1.20 bits per heavy atom. The fourth-order valence-corrected chi connectivity index (χ4v) is 5.02. The smallest absolute Gasteiger partial charge is 0.225 e. The van der Waals surface area contributed by atoms with Gasteiger partial charge in [0.05, 0.1) is 0 Å². The third kappa shape index (κ3) is 3.71. The molecule has 1 aliphatic carbocycles. The Balaban J connectivity index is 1.32. The van der Waals surface area contributed by atoms with Gasteiger partial charge in [0, 0.05) is 51.7 Å². The van der Waals surface area contributed by atoms with Gasteiger partial charge in [-0.25, -0.2) is 0 Å². The number of carbonyl (C=O) groups is 2. The summed E-state index contributed by atoms with van der Waals surface area (Å²) in [6, 6.07) is 0. The number of nitrogens with zero attached hydrogens (tertiary/aromatic N) is 2. The second-order valence-corrected chi connectivity index (χ2v) is 8.97. The fourth-order valence-electron chi connectivity index (χ4n) is 5.02. The Labute approximate surface area is 151 Å². The molecule has 2 atom stereocenters. The summed E-state index contributed by atoms with van der Waals surface area (Å²) in [5, 5.41) is 0. The Morgan fingerprint density at radius 3 is 2.52 bits per heavy atom. The number of hydrogen-bond donors (Lipinski definition) is 0. The van der Waals surface area contributed by atoms with E-state index in [1.165, 1.54) is 0 Å².